The average molecular weight is 316 g/mol. The van der Waals surface area contributed by atoms with Crippen LogP contribution in [0.5, 0.6) is 0 Å². The Hall–Kier alpha value is -1.82. The van der Waals surface area contributed by atoms with Gasteiger partial charge in [0.15, 0.2) is 0 Å². The number of aromatic nitrogens is 1. The normalized spacial score (nSPS) is 22.2. The first kappa shape index (κ1) is 16.1. The van der Waals surface area contributed by atoms with Gasteiger partial charge in [-0.1, -0.05) is 18.2 Å². The Bertz CT molecular complexity index is 638. The summed E-state index contributed by atoms with van der Waals surface area (Å²) < 4.78 is 19.8. The lowest BCUT2D eigenvalue weighted by Crippen LogP contribution is -2.55. The Kier molecular flexibility index (Phi) is 5.00. The second-order valence-electron chi connectivity index (χ2n) is 6.02. The first-order valence-electron chi connectivity index (χ1n) is 7.80. The van der Waals surface area contributed by atoms with Crippen molar-refractivity contribution in [1.82, 2.24) is 9.88 Å². The number of halogens is 1. The van der Waals surface area contributed by atoms with Crippen LogP contribution >= 0.6 is 0 Å². The van der Waals surface area contributed by atoms with Gasteiger partial charge in [0.1, 0.15) is 11.4 Å². The lowest BCUT2D eigenvalue weighted by atomic mass is 9.92. The number of pyridine rings is 1. The third-order valence-electron chi connectivity index (χ3n) is 4.24. The van der Waals surface area contributed by atoms with Gasteiger partial charge in [-0.3, -0.25) is 9.88 Å². The van der Waals surface area contributed by atoms with Crippen LogP contribution in [0.15, 0.2) is 48.8 Å². The Balaban J connectivity index is 1.72. The Morgan fingerprint density at radius 1 is 1.22 bits per heavy atom. The van der Waals surface area contributed by atoms with E-state index in [-0.39, 0.29) is 12.4 Å². The first-order chi connectivity index (χ1) is 11.2. The molecule has 4 nitrogen and oxygen atoms in total. The smallest absolute Gasteiger partial charge is 0.126 e. The van der Waals surface area contributed by atoms with Gasteiger partial charge in [-0.25, -0.2) is 4.39 Å². The summed E-state index contributed by atoms with van der Waals surface area (Å²) in [5.41, 5.74) is 0.986. The van der Waals surface area contributed by atoms with Crippen molar-refractivity contribution in [1.29, 1.82) is 0 Å². The molecule has 0 saturated carbocycles. The number of aliphatic hydroxyl groups excluding tert-OH is 1. The zero-order valence-corrected chi connectivity index (χ0v) is 13.0. The van der Waals surface area contributed by atoms with Crippen molar-refractivity contribution in [3.63, 3.8) is 0 Å². The van der Waals surface area contributed by atoms with Crippen LogP contribution < -0.4 is 0 Å². The molecule has 1 aliphatic rings. The van der Waals surface area contributed by atoms with Gasteiger partial charge in [-0.05, 0) is 29.3 Å². The summed E-state index contributed by atoms with van der Waals surface area (Å²) in [5.74, 6) is -0.254. The molecule has 2 aromatic rings. The van der Waals surface area contributed by atoms with Crippen molar-refractivity contribution in [3.05, 3.63) is 65.7 Å². The largest absolute Gasteiger partial charge is 0.393 e. The molecule has 3 rings (SSSR count). The van der Waals surface area contributed by atoms with Crippen LogP contribution in [0.1, 0.15) is 11.1 Å². The number of hydrogen-bond donors (Lipinski definition) is 1. The van der Waals surface area contributed by atoms with E-state index in [1.54, 1.807) is 30.6 Å². The molecule has 1 aliphatic heterocycles. The van der Waals surface area contributed by atoms with Crippen LogP contribution in [0.25, 0.3) is 0 Å². The van der Waals surface area contributed by atoms with Crippen LogP contribution in [0.4, 0.5) is 4.39 Å². The third-order valence-corrected chi connectivity index (χ3v) is 4.24. The Labute approximate surface area is 135 Å². The molecule has 1 unspecified atom stereocenters. The zero-order chi connectivity index (χ0) is 16.1. The molecule has 1 aromatic carbocycles. The maximum atomic E-state index is 13.9. The molecule has 0 radical (unpaired) electrons. The summed E-state index contributed by atoms with van der Waals surface area (Å²) in [5, 5.41) is 9.89. The Morgan fingerprint density at radius 3 is 2.74 bits per heavy atom. The van der Waals surface area contributed by atoms with E-state index in [0.29, 0.717) is 25.1 Å². The van der Waals surface area contributed by atoms with Crippen molar-refractivity contribution < 1.29 is 14.2 Å². The number of morpholine rings is 1. The first-order valence-corrected chi connectivity index (χ1v) is 7.80. The molecule has 122 valence electrons. The van der Waals surface area contributed by atoms with E-state index < -0.39 is 5.60 Å². The van der Waals surface area contributed by atoms with Gasteiger partial charge >= 0.3 is 0 Å². The quantitative estimate of drug-likeness (QED) is 0.917. The molecule has 1 aromatic heterocycles. The highest BCUT2D eigenvalue weighted by Gasteiger charge is 2.37. The van der Waals surface area contributed by atoms with Crippen molar-refractivity contribution in [2.45, 2.75) is 18.6 Å². The van der Waals surface area contributed by atoms with Crippen molar-refractivity contribution in [2.24, 2.45) is 0 Å². The molecule has 2 heterocycles. The predicted molar refractivity (Wildman–Crippen MR) is 85.4 cm³/mol. The van der Waals surface area contributed by atoms with Gasteiger partial charge in [0.25, 0.3) is 0 Å². The molecule has 0 bridgehead atoms. The van der Waals surface area contributed by atoms with Crippen LogP contribution in [-0.2, 0) is 17.7 Å². The summed E-state index contributed by atoms with van der Waals surface area (Å²) in [7, 11) is 0. The van der Waals surface area contributed by atoms with E-state index >= 15 is 0 Å². The lowest BCUT2D eigenvalue weighted by molar-refractivity contribution is -0.134. The summed E-state index contributed by atoms with van der Waals surface area (Å²) in [4.78, 5) is 6.26. The fraction of sp³-hybridized carbons (Fsp3) is 0.389. The van der Waals surface area contributed by atoms with E-state index in [4.69, 9.17) is 4.74 Å². The fourth-order valence-electron chi connectivity index (χ4n) is 3.05. The van der Waals surface area contributed by atoms with Crippen LogP contribution in [0, 0.1) is 5.82 Å². The monoisotopic (exact) mass is 316 g/mol. The van der Waals surface area contributed by atoms with Gasteiger partial charge in [0.05, 0.1) is 13.2 Å². The minimum atomic E-state index is -0.756. The maximum Gasteiger partial charge on any atom is 0.126 e. The van der Waals surface area contributed by atoms with E-state index in [1.165, 1.54) is 11.6 Å². The standard InChI is InChI=1S/C18H21FN2O2/c19-17-4-2-1-3-16(17)11-18(14-22)13-21(9-10-23-18)12-15-5-7-20-8-6-15/h1-8,22H,9-14H2. The maximum absolute atomic E-state index is 13.9. The number of aliphatic hydroxyl groups is 1. The van der Waals surface area contributed by atoms with E-state index in [0.717, 1.165) is 13.1 Å². The summed E-state index contributed by atoms with van der Waals surface area (Å²) >= 11 is 0. The second-order valence-corrected chi connectivity index (χ2v) is 6.02. The molecule has 1 fully saturated rings. The SMILES string of the molecule is OCC1(Cc2ccccc2F)CN(Cc2ccncc2)CCO1. The zero-order valence-electron chi connectivity index (χ0n) is 13.0. The van der Waals surface area contributed by atoms with E-state index in [1.807, 2.05) is 12.1 Å². The summed E-state index contributed by atoms with van der Waals surface area (Å²) in [6.07, 6.45) is 3.91. The predicted octanol–water partition coefficient (Wildman–Crippen LogP) is 2.03. The highest BCUT2D eigenvalue weighted by molar-refractivity contribution is 5.20. The van der Waals surface area contributed by atoms with Crippen molar-refractivity contribution >= 4 is 0 Å². The van der Waals surface area contributed by atoms with Crippen molar-refractivity contribution in [3.8, 4) is 0 Å². The minimum Gasteiger partial charge on any atom is -0.393 e. The van der Waals surface area contributed by atoms with Crippen molar-refractivity contribution in [2.75, 3.05) is 26.3 Å². The topological polar surface area (TPSA) is 45.6 Å². The van der Waals surface area contributed by atoms with Gasteiger partial charge in [0, 0.05) is 38.4 Å². The van der Waals surface area contributed by atoms with E-state index in [9.17, 15) is 9.50 Å². The second kappa shape index (κ2) is 7.17. The molecule has 5 heteroatoms. The molecule has 0 aliphatic carbocycles. The molecule has 0 spiro atoms. The number of hydrogen-bond acceptors (Lipinski definition) is 4. The highest BCUT2D eigenvalue weighted by Crippen LogP contribution is 2.25. The molecule has 0 amide bonds. The number of benzene rings is 1. The van der Waals surface area contributed by atoms with Crippen LogP contribution in [0.2, 0.25) is 0 Å². The van der Waals surface area contributed by atoms with Gasteiger partial charge in [-0.15, -0.1) is 0 Å². The average Bonchev–Trinajstić information content (AvgIpc) is 2.58. The van der Waals surface area contributed by atoms with Gasteiger partial charge < -0.3 is 9.84 Å². The number of ether oxygens (including phenoxy) is 1. The molecular formula is C18H21FN2O2. The third kappa shape index (κ3) is 3.93. The number of nitrogens with zero attached hydrogens (tertiary/aromatic N) is 2. The summed E-state index contributed by atoms with van der Waals surface area (Å²) in [6, 6.07) is 10.6. The Morgan fingerprint density at radius 2 is 2.00 bits per heavy atom. The molecule has 1 atom stereocenters. The van der Waals surface area contributed by atoms with Gasteiger partial charge in [-0.2, -0.15) is 0 Å². The minimum absolute atomic E-state index is 0.131. The molecule has 23 heavy (non-hydrogen) atoms. The molecule has 1 saturated heterocycles. The fourth-order valence-corrected chi connectivity index (χ4v) is 3.05. The van der Waals surface area contributed by atoms with E-state index in [2.05, 4.69) is 9.88 Å². The number of rotatable bonds is 5. The molecular weight excluding hydrogens is 295 g/mol. The lowest BCUT2D eigenvalue weighted by Gasteiger charge is -2.42. The van der Waals surface area contributed by atoms with Crippen LogP contribution in [-0.4, -0.2) is 46.9 Å². The summed E-state index contributed by atoms with van der Waals surface area (Å²) in [6.45, 7) is 2.53. The van der Waals surface area contributed by atoms with Gasteiger partial charge in [0.2, 0.25) is 0 Å². The molecule has 1 N–H and O–H groups in total. The highest BCUT2D eigenvalue weighted by atomic mass is 19.1. The van der Waals surface area contributed by atoms with Crippen LogP contribution in [0.3, 0.4) is 0 Å².